The Labute approximate surface area is 215 Å². The van der Waals surface area contributed by atoms with E-state index in [2.05, 4.69) is 5.32 Å². The molecule has 0 aliphatic heterocycles. The number of rotatable bonds is 10. The third kappa shape index (κ3) is 7.06. The van der Waals surface area contributed by atoms with Crippen molar-refractivity contribution in [2.75, 3.05) is 13.2 Å². The molecule has 0 aliphatic rings. The molecule has 3 rings (SSSR count). The minimum atomic E-state index is -3.97. The second-order valence-corrected chi connectivity index (χ2v) is 10.9. The topological polar surface area (TPSA) is 92.7 Å². The predicted molar refractivity (Wildman–Crippen MR) is 137 cm³/mol. The Bertz CT molecular complexity index is 1280. The third-order valence-electron chi connectivity index (χ3n) is 5.40. The molecule has 2 N–H and O–H groups in total. The Kier molecular flexibility index (Phi) is 9.33. The van der Waals surface area contributed by atoms with E-state index in [0.29, 0.717) is 18.0 Å². The van der Waals surface area contributed by atoms with Crippen molar-refractivity contribution < 1.29 is 23.1 Å². The second kappa shape index (κ2) is 12.0. The molecule has 186 valence electrons. The minimum absolute atomic E-state index is 0.0259. The molecular weight excluding hydrogens is 509 g/mol. The van der Waals surface area contributed by atoms with E-state index in [1.165, 1.54) is 30.3 Å². The highest BCUT2D eigenvalue weighted by atomic mass is 35.5. The Morgan fingerprint density at radius 1 is 1.03 bits per heavy atom. The molecule has 3 aromatic carbocycles. The molecule has 2 atom stereocenters. The van der Waals surface area contributed by atoms with E-state index < -0.39 is 21.9 Å². The Morgan fingerprint density at radius 2 is 1.71 bits per heavy atom. The first-order chi connectivity index (χ1) is 16.6. The lowest BCUT2D eigenvalue weighted by molar-refractivity contribution is 0.0522. The molecular formula is C26H27Cl2NO5S. The minimum Gasteiger partial charge on any atom is -0.462 e. The summed E-state index contributed by atoms with van der Waals surface area (Å²) in [6.45, 7) is 4.08. The lowest BCUT2D eigenvalue weighted by atomic mass is 10.1. The van der Waals surface area contributed by atoms with Crippen LogP contribution in [-0.2, 0) is 21.0 Å². The van der Waals surface area contributed by atoms with E-state index in [-0.39, 0.29) is 33.0 Å². The number of aliphatic hydroxyl groups is 1. The number of benzene rings is 3. The van der Waals surface area contributed by atoms with Crippen molar-refractivity contribution in [2.45, 2.75) is 42.2 Å². The van der Waals surface area contributed by atoms with Crippen molar-refractivity contribution in [1.29, 1.82) is 0 Å². The van der Waals surface area contributed by atoms with Gasteiger partial charge >= 0.3 is 5.97 Å². The van der Waals surface area contributed by atoms with Gasteiger partial charge in [0.15, 0.2) is 0 Å². The van der Waals surface area contributed by atoms with Gasteiger partial charge < -0.3 is 15.2 Å². The summed E-state index contributed by atoms with van der Waals surface area (Å²) in [6.07, 6.45) is -0.0749. The Morgan fingerprint density at radius 3 is 2.37 bits per heavy atom. The van der Waals surface area contributed by atoms with Gasteiger partial charge in [-0.05, 0) is 73.9 Å². The summed E-state index contributed by atoms with van der Waals surface area (Å²) in [5.41, 5.74) is 1.55. The van der Waals surface area contributed by atoms with Crippen LogP contribution in [0.15, 0.2) is 76.5 Å². The lowest BCUT2D eigenvalue weighted by Crippen LogP contribution is -2.32. The van der Waals surface area contributed by atoms with Crippen LogP contribution in [0, 0.1) is 0 Å². The van der Waals surface area contributed by atoms with Gasteiger partial charge in [-0.3, -0.25) is 0 Å². The fourth-order valence-corrected chi connectivity index (χ4v) is 5.40. The van der Waals surface area contributed by atoms with Crippen LogP contribution in [0.3, 0.4) is 0 Å². The quantitative estimate of drug-likeness (QED) is 0.344. The summed E-state index contributed by atoms with van der Waals surface area (Å²) >= 11 is 12.0. The molecule has 3 aromatic rings. The number of hydrogen-bond donors (Lipinski definition) is 2. The van der Waals surface area contributed by atoms with Crippen LogP contribution in [0.2, 0.25) is 10.0 Å². The van der Waals surface area contributed by atoms with Crippen LogP contribution in [0.4, 0.5) is 0 Å². The molecule has 0 amide bonds. The van der Waals surface area contributed by atoms with Crippen LogP contribution in [0.5, 0.6) is 0 Å². The summed E-state index contributed by atoms with van der Waals surface area (Å²) in [5, 5.41) is 14.5. The number of halogens is 2. The van der Waals surface area contributed by atoms with E-state index in [1.807, 2.05) is 13.0 Å². The molecule has 35 heavy (non-hydrogen) atoms. The molecule has 9 heteroatoms. The largest absolute Gasteiger partial charge is 0.462 e. The van der Waals surface area contributed by atoms with Crippen LogP contribution in [0.25, 0.3) is 0 Å². The van der Waals surface area contributed by atoms with E-state index in [0.717, 1.165) is 11.1 Å². The Balaban J connectivity index is 1.69. The van der Waals surface area contributed by atoms with Crippen molar-refractivity contribution >= 4 is 39.0 Å². The molecule has 0 radical (unpaired) electrons. The van der Waals surface area contributed by atoms with Gasteiger partial charge in [0, 0.05) is 22.6 Å². The standard InChI is InChI=1S/C26H27Cl2NO5S/c1-3-34-26(31)23-15-21(28)9-12-25(23)35(32,33)22-10-7-18(8-11-22)13-17(2)29-16-24(30)19-5-4-6-20(27)14-19/h4-12,14-15,17,24,29-30H,3,13,16H2,1-2H3/t17-,24-/m1/s1. The van der Waals surface area contributed by atoms with Gasteiger partial charge in [-0.1, -0.05) is 47.5 Å². The smallest absolute Gasteiger partial charge is 0.339 e. The molecule has 0 aliphatic carbocycles. The van der Waals surface area contributed by atoms with Gasteiger partial charge in [-0.25, -0.2) is 13.2 Å². The molecule has 0 heterocycles. The monoisotopic (exact) mass is 535 g/mol. The summed E-state index contributed by atoms with van der Waals surface area (Å²) in [7, 11) is -3.97. The first-order valence-electron chi connectivity index (χ1n) is 11.1. The maximum atomic E-state index is 13.2. The first-order valence-corrected chi connectivity index (χ1v) is 13.3. The fraction of sp³-hybridized carbons (Fsp3) is 0.269. The number of esters is 1. The van der Waals surface area contributed by atoms with E-state index in [4.69, 9.17) is 27.9 Å². The number of carbonyl (C=O) groups is 1. The van der Waals surface area contributed by atoms with Crippen LogP contribution in [0.1, 0.15) is 41.4 Å². The SMILES string of the molecule is CCOC(=O)c1cc(Cl)ccc1S(=O)(=O)c1ccc(C[C@@H](C)NC[C@@H](O)c2cccc(Cl)c2)cc1. The molecule has 0 bridgehead atoms. The second-order valence-electron chi connectivity index (χ2n) is 8.09. The molecule has 0 spiro atoms. The predicted octanol–water partition coefficient (Wildman–Crippen LogP) is 5.26. The molecule has 0 saturated carbocycles. The zero-order valence-electron chi connectivity index (χ0n) is 19.4. The molecule has 0 fully saturated rings. The van der Waals surface area contributed by atoms with E-state index in [1.54, 1.807) is 37.3 Å². The van der Waals surface area contributed by atoms with Gasteiger partial charge in [0.05, 0.1) is 28.1 Å². The van der Waals surface area contributed by atoms with Crippen LogP contribution >= 0.6 is 23.2 Å². The van der Waals surface area contributed by atoms with Crippen molar-refractivity contribution in [3.8, 4) is 0 Å². The van der Waals surface area contributed by atoms with Gasteiger partial charge in [-0.2, -0.15) is 0 Å². The fourth-order valence-electron chi connectivity index (χ4n) is 3.61. The summed E-state index contributed by atoms with van der Waals surface area (Å²) in [6, 6.07) is 17.7. The summed E-state index contributed by atoms with van der Waals surface area (Å²) in [4.78, 5) is 12.2. The average molecular weight is 536 g/mol. The zero-order chi connectivity index (χ0) is 25.6. The van der Waals surface area contributed by atoms with Gasteiger partial charge in [0.25, 0.3) is 0 Å². The third-order valence-corrected chi connectivity index (χ3v) is 7.69. The van der Waals surface area contributed by atoms with Gasteiger partial charge in [0.1, 0.15) is 0 Å². The Hall–Kier alpha value is -2.42. The van der Waals surface area contributed by atoms with E-state index >= 15 is 0 Å². The zero-order valence-corrected chi connectivity index (χ0v) is 21.7. The normalized spacial score (nSPS) is 13.3. The van der Waals surface area contributed by atoms with Gasteiger partial charge in [0.2, 0.25) is 9.84 Å². The highest BCUT2D eigenvalue weighted by molar-refractivity contribution is 7.91. The molecule has 0 unspecified atom stereocenters. The van der Waals surface area contributed by atoms with Crippen molar-refractivity contribution in [2.24, 2.45) is 0 Å². The number of nitrogens with one attached hydrogen (secondary N) is 1. The first kappa shape index (κ1) is 27.2. The summed E-state index contributed by atoms with van der Waals surface area (Å²) in [5.74, 6) is -0.745. The van der Waals surface area contributed by atoms with Gasteiger partial charge in [-0.15, -0.1) is 0 Å². The summed E-state index contributed by atoms with van der Waals surface area (Å²) < 4.78 is 31.5. The number of aliphatic hydroxyl groups excluding tert-OH is 1. The maximum absolute atomic E-state index is 13.2. The maximum Gasteiger partial charge on any atom is 0.339 e. The highest BCUT2D eigenvalue weighted by Crippen LogP contribution is 2.28. The van der Waals surface area contributed by atoms with Crippen molar-refractivity contribution in [3.05, 3.63) is 93.5 Å². The number of sulfone groups is 1. The molecule has 0 saturated heterocycles. The van der Waals surface area contributed by atoms with E-state index in [9.17, 15) is 18.3 Å². The molecule has 6 nitrogen and oxygen atoms in total. The van der Waals surface area contributed by atoms with Crippen molar-refractivity contribution in [3.63, 3.8) is 0 Å². The average Bonchev–Trinajstić information content (AvgIpc) is 2.83. The number of carbonyl (C=O) groups excluding carboxylic acids is 1. The molecule has 0 aromatic heterocycles. The number of hydrogen-bond acceptors (Lipinski definition) is 6. The number of ether oxygens (including phenoxy) is 1. The van der Waals surface area contributed by atoms with Crippen LogP contribution < -0.4 is 5.32 Å². The van der Waals surface area contributed by atoms with Crippen molar-refractivity contribution in [1.82, 2.24) is 5.32 Å². The lowest BCUT2D eigenvalue weighted by Gasteiger charge is -2.18. The van der Waals surface area contributed by atoms with Crippen LogP contribution in [-0.4, -0.2) is 38.7 Å². The highest BCUT2D eigenvalue weighted by Gasteiger charge is 2.25.